The van der Waals surface area contributed by atoms with Crippen LogP contribution in [-0.4, -0.2) is 34.7 Å². The van der Waals surface area contributed by atoms with Crippen LogP contribution in [0.25, 0.3) is 11.0 Å². The van der Waals surface area contributed by atoms with Crippen LogP contribution in [0.2, 0.25) is 0 Å². The normalized spacial score (nSPS) is 18.1. The van der Waals surface area contributed by atoms with Crippen LogP contribution in [0.4, 0.5) is 0 Å². The molecule has 0 saturated carbocycles. The molecule has 1 fully saturated rings. The van der Waals surface area contributed by atoms with E-state index in [1.807, 2.05) is 59.2 Å². The molecule has 0 bridgehead atoms. The predicted octanol–water partition coefficient (Wildman–Crippen LogP) is 3.31. The minimum absolute atomic E-state index is 0.0163. The van der Waals surface area contributed by atoms with Gasteiger partial charge in [-0.2, -0.15) is 0 Å². The summed E-state index contributed by atoms with van der Waals surface area (Å²) in [5.74, 6) is -0.0163. The molecule has 5 heteroatoms. The van der Waals surface area contributed by atoms with Crippen LogP contribution < -0.4 is 5.32 Å². The third kappa shape index (κ3) is 3.48. The largest absolute Gasteiger partial charge is 0.378 e. The summed E-state index contributed by atoms with van der Waals surface area (Å²) in [6.07, 6.45) is 5.09. The molecule has 26 heavy (non-hydrogen) atoms. The van der Waals surface area contributed by atoms with Crippen molar-refractivity contribution in [2.75, 3.05) is 13.2 Å². The summed E-state index contributed by atoms with van der Waals surface area (Å²) in [7, 11) is 0. The lowest BCUT2D eigenvalue weighted by atomic mass is 10.1. The van der Waals surface area contributed by atoms with Crippen LogP contribution in [0.3, 0.4) is 0 Å². The zero-order valence-corrected chi connectivity index (χ0v) is 14.7. The molecule has 2 aromatic carbocycles. The molecule has 4 rings (SSSR count). The lowest BCUT2D eigenvalue weighted by Crippen LogP contribution is -2.34. The van der Waals surface area contributed by atoms with Gasteiger partial charge in [0, 0.05) is 13.2 Å². The first-order valence-electron chi connectivity index (χ1n) is 9.19. The molecule has 0 radical (unpaired) electrons. The third-order valence-corrected chi connectivity index (χ3v) is 4.91. The van der Waals surface area contributed by atoms with Crippen molar-refractivity contribution in [3.05, 3.63) is 66.5 Å². The number of carbonyl (C=O) groups excluding carboxylic acids is 1. The van der Waals surface area contributed by atoms with Crippen LogP contribution in [0.1, 0.15) is 30.9 Å². The second-order valence-electron chi connectivity index (χ2n) is 6.67. The average Bonchev–Trinajstić information content (AvgIpc) is 3.33. The number of hydrogen-bond donors (Lipinski definition) is 1. The fraction of sp³-hybridized carbons (Fsp3) is 0.333. The number of nitrogens with one attached hydrogen (secondary N) is 1. The van der Waals surface area contributed by atoms with Gasteiger partial charge >= 0.3 is 0 Å². The van der Waals surface area contributed by atoms with Crippen LogP contribution in [0.15, 0.2) is 60.9 Å². The second-order valence-corrected chi connectivity index (χ2v) is 6.67. The van der Waals surface area contributed by atoms with Gasteiger partial charge in [-0.3, -0.25) is 4.79 Å². The van der Waals surface area contributed by atoms with Crippen molar-refractivity contribution in [2.45, 2.75) is 31.4 Å². The first kappa shape index (κ1) is 16.8. The van der Waals surface area contributed by atoms with Gasteiger partial charge in [0.15, 0.2) is 0 Å². The first-order valence-corrected chi connectivity index (χ1v) is 9.19. The molecule has 5 nitrogen and oxygen atoms in total. The standard InChI is InChI=1S/C21H23N3O2/c25-21(22-13-12-17-9-6-14-26-17)20(16-7-2-1-3-8-16)24-15-23-18-10-4-5-11-19(18)24/h1-5,7-8,10-11,15,17,20H,6,9,12-14H2,(H,22,25)/t17-,20+/m1/s1. The molecular formula is C21H23N3O2. The van der Waals surface area contributed by atoms with Crippen molar-refractivity contribution in [1.29, 1.82) is 0 Å². The number of carbonyl (C=O) groups is 1. The molecule has 1 aliphatic rings. The van der Waals surface area contributed by atoms with Gasteiger partial charge in [-0.05, 0) is 37.0 Å². The Morgan fingerprint density at radius 2 is 2.00 bits per heavy atom. The van der Waals surface area contributed by atoms with E-state index in [1.165, 1.54) is 0 Å². The topological polar surface area (TPSA) is 56.1 Å². The fourth-order valence-electron chi connectivity index (χ4n) is 3.58. The number of amides is 1. The maximum atomic E-state index is 13.1. The Hall–Kier alpha value is -2.66. The van der Waals surface area contributed by atoms with Crippen LogP contribution >= 0.6 is 0 Å². The molecule has 0 unspecified atom stereocenters. The number of ether oxygens (including phenoxy) is 1. The van der Waals surface area contributed by atoms with Gasteiger partial charge in [0.25, 0.3) is 0 Å². The smallest absolute Gasteiger partial charge is 0.247 e. The summed E-state index contributed by atoms with van der Waals surface area (Å²) in [6.45, 7) is 1.46. The van der Waals surface area contributed by atoms with Crippen LogP contribution in [0.5, 0.6) is 0 Å². The monoisotopic (exact) mass is 349 g/mol. The molecule has 1 N–H and O–H groups in total. The van der Waals surface area contributed by atoms with E-state index >= 15 is 0 Å². The summed E-state index contributed by atoms with van der Waals surface area (Å²) in [5, 5.41) is 3.09. The number of rotatable bonds is 6. The molecule has 3 aromatic rings. The Balaban J connectivity index is 1.58. The third-order valence-electron chi connectivity index (χ3n) is 4.91. The zero-order chi connectivity index (χ0) is 17.8. The van der Waals surface area contributed by atoms with Crippen molar-refractivity contribution >= 4 is 16.9 Å². The van der Waals surface area contributed by atoms with E-state index in [9.17, 15) is 4.79 Å². The molecular weight excluding hydrogens is 326 g/mol. The second kappa shape index (κ2) is 7.70. The number of nitrogens with zero attached hydrogens (tertiary/aromatic N) is 2. The number of benzene rings is 2. The number of imidazole rings is 1. The van der Waals surface area contributed by atoms with E-state index in [2.05, 4.69) is 10.3 Å². The molecule has 0 spiro atoms. The Morgan fingerprint density at radius 3 is 2.81 bits per heavy atom. The van der Waals surface area contributed by atoms with Crippen LogP contribution in [0, 0.1) is 0 Å². The quantitative estimate of drug-likeness (QED) is 0.743. The highest BCUT2D eigenvalue weighted by Gasteiger charge is 2.24. The fourth-order valence-corrected chi connectivity index (χ4v) is 3.58. The van der Waals surface area contributed by atoms with Gasteiger partial charge in [-0.15, -0.1) is 0 Å². The Bertz CT molecular complexity index is 869. The Morgan fingerprint density at radius 1 is 1.19 bits per heavy atom. The summed E-state index contributed by atoms with van der Waals surface area (Å²) in [4.78, 5) is 17.5. The van der Waals surface area contributed by atoms with Crippen molar-refractivity contribution in [1.82, 2.24) is 14.9 Å². The maximum absolute atomic E-state index is 13.1. The maximum Gasteiger partial charge on any atom is 0.247 e. The van der Waals surface area contributed by atoms with Crippen molar-refractivity contribution in [2.24, 2.45) is 0 Å². The number of para-hydroxylation sites is 2. The van der Waals surface area contributed by atoms with Gasteiger partial charge in [0.05, 0.1) is 23.5 Å². The molecule has 2 heterocycles. The summed E-state index contributed by atoms with van der Waals surface area (Å²) >= 11 is 0. The van der Waals surface area contributed by atoms with Gasteiger partial charge in [0.2, 0.25) is 5.91 Å². The van der Waals surface area contributed by atoms with E-state index in [0.717, 1.165) is 42.5 Å². The molecule has 1 aliphatic heterocycles. The lowest BCUT2D eigenvalue weighted by molar-refractivity contribution is -0.123. The summed E-state index contributed by atoms with van der Waals surface area (Å²) in [5.41, 5.74) is 2.79. The number of hydrogen-bond acceptors (Lipinski definition) is 3. The van der Waals surface area contributed by atoms with Crippen molar-refractivity contribution in [3.63, 3.8) is 0 Å². The van der Waals surface area contributed by atoms with E-state index in [1.54, 1.807) is 6.33 Å². The van der Waals surface area contributed by atoms with Gasteiger partial charge < -0.3 is 14.6 Å². The van der Waals surface area contributed by atoms with E-state index in [-0.39, 0.29) is 12.0 Å². The van der Waals surface area contributed by atoms with E-state index in [4.69, 9.17) is 4.74 Å². The molecule has 0 aliphatic carbocycles. The van der Waals surface area contributed by atoms with Crippen LogP contribution in [-0.2, 0) is 9.53 Å². The first-order chi connectivity index (χ1) is 12.8. The van der Waals surface area contributed by atoms with E-state index in [0.29, 0.717) is 6.54 Å². The number of aromatic nitrogens is 2. The molecule has 134 valence electrons. The van der Waals surface area contributed by atoms with Gasteiger partial charge in [-0.25, -0.2) is 4.98 Å². The number of fused-ring (bicyclic) bond motifs is 1. The molecule has 2 atom stereocenters. The van der Waals surface area contributed by atoms with Crippen molar-refractivity contribution < 1.29 is 9.53 Å². The highest BCUT2D eigenvalue weighted by molar-refractivity contribution is 5.86. The predicted molar refractivity (Wildman–Crippen MR) is 101 cm³/mol. The molecule has 1 aromatic heterocycles. The molecule has 1 saturated heterocycles. The lowest BCUT2D eigenvalue weighted by Gasteiger charge is -2.20. The highest BCUT2D eigenvalue weighted by atomic mass is 16.5. The highest BCUT2D eigenvalue weighted by Crippen LogP contribution is 2.24. The average molecular weight is 349 g/mol. The van der Waals surface area contributed by atoms with E-state index < -0.39 is 6.04 Å². The Kier molecular flexibility index (Phi) is 4.97. The minimum atomic E-state index is -0.437. The molecule has 1 amide bonds. The van der Waals surface area contributed by atoms with Gasteiger partial charge in [-0.1, -0.05) is 42.5 Å². The zero-order valence-electron chi connectivity index (χ0n) is 14.7. The Labute approximate surface area is 153 Å². The minimum Gasteiger partial charge on any atom is -0.378 e. The van der Waals surface area contributed by atoms with Gasteiger partial charge in [0.1, 0.15) is 6.04 Å². The SMILES string of the molecule is O=C(NCC[C@H]1CCCO1)[C@H](c1ccccc1)n1cnc2ccccc21. The summed E-state index contributed by atoms with van der Waals surface area (Å²) in [6, 6.07) is 17.3. The van der Waals surface area contributed by atoms with Crippen molar-refractivity contribution in [3.8, 4) is 0 Å². The summed E-state index contributed by atoms with van der Waals surface area (Å²) < 4.78 is 7.59.